The van der Waals surface area contributed by atoms with Gasteiger partial charge < -0.3 is 10.1 Å². The van der Waals surface area contributed by atoms with Crippen molar-refractivity contribution in [3.63, 3.8) is 0 Å². The number of fused-ring (bicyclic) bond motifs is 1. The smallest absolute Gasteiger partial charge is 0.253 e. The van der Waals surface area contributed by atoms with E-state index in [9.17, 15) is 4.79 Å². The molecule has 0 radical (unpaired) electrons. The van der Waals surface area contributed by atoms with E-state index in [4.69, 9.17) is 21.3 Å². The van der Waals surface area contributed by atoms with E-state index in [1.807, 2.05) is 24.3 Å². The van der Waals surface area contributed by atoms with Crippen molar-refractivity contribution >= 4 is 39.6 Å². The number of carbonyl (C=O) groups is 1. The molecule has 2 aliphatic rings. The van der Waals surface area contributed by atoms with Crippen molar-refractivity contribution in [1.29, 1.82) is 0 Å². The first-order valence-electron chi connectivity index (χ1n) is 8.23. The van der Waals surface area contributed by atoms with Crippen molar-refractivity contribution in [2.45, 2.75) is 25.8 Å². The van der Waals surface area contributed by atoms with Crippen LogP contribution in [0.5, 0.6) is 0 Å². The average Bonchev–Trinajstić information content (AvgIpc) is 3.23. The molecule has 6 heteroatoms. The number of nitrogens with one attached hydrogen (secondary N) is 1. The molecule has 0 bridgehead atoms. The molecule has 0 unspecified atom stereocenters. The predicted octanol–water partition coefficient (Wildman–Crippen LogP) is 4.21. The van der Waals surface area contributed by atoms with Gasteiger partial charge in [-0.25, -0.2) is 0 Å². The lowest BCUT2D eigenvalue weighted by molar-refractivity contribution is -0.118. The second kappa shape index (κ2) is 5.94. The summed E-state index contributed by atoms with van der Waals surface area (Å²) in [6, 6.07) is 7.66. The number of rotatable bonds is 3. The van der Waals surface area contributed by atoms with Crippen molar-refractivity contribution in [3.8, 4) is 0 Å². The Bertz CT molecular complexity index is 888. The lowest BCUT2D eigenvalue weighted by Gasteiger charge is -2.12. The third kappa shape index (κ3) is 2.62. The number of carbonyl (C=O) groups excluding carboxylic acids is 1. The minimum Gasteiger partial charge on any atom is -0.384 e. The van der Waals surface area contributed by atoms with E-state index >= 15 is 0 Å². The van der Waals surface area contributed by atoms with Crippen LogP contribution in [0.15, 0.2) is 29.3 Å². The molecular weight excluding hydrogens is 356 g/mol. The summed E-state index contributed by atoms with van der Waals surface area (Å²) in [6.45, 7) is 4.69. The molecular formula is C19H19ClN2O2S. The fourth-order valence-electron chi connectivity index (χ4n) is 3.46. The Morgan fingerprint density at radius 2 is 2.08 bits per heavy atom. The Balaban J connectivity index is 1.91. The first-order chi connectivity index (χ1) is 12.0. The summed E-state index contributed by atoms with van der Waals surface area (Å²) in [7, 11) is 1.66. The summed E-state index contributed by atoms with van der Waals surface area (Å²) >= 11 is 7.66. The van der Waals surface area contributed by atoms with Crippen molar-refractivity contribution in [2.75, 3.05) is 19.0 Å². The molecule has 1 N–H and O–H groups in total. The van der Waals surface area contributed by atoms with Gasteiger partial charge >= 0.3 is 0 Å². The molecule has 4 nitrogen and oxygen atoms in total. The Kier molecular flexibility index (Phi) is 3.98. The van der Waals surface area contributed by atoms with E-state index < -0.39 is 5.54 Å². The largest absolute Gasteiger partial charge is 0.384 e. The monoisotopic (exact) mass is 374 g/mol. The average molecular weight is 375 g/mol. The fraction of sp³-hybridized carbons (Fsp3) is 0.368. The zero-order valence-corrected chi connectivity index (χ0v) is 15.9. The van der Waals surface area contributed by atoms with Gasteiger partial charge in [-0.15, -0.1) is 11.3 Å². The van der Waals surface area contributed by atoms with Crippen LogP contribution in [0.25, 0.3) is 0 Å². The lowest BCUT2D eigenvalue weighted by atomic mass is 10.00. The van der Waals surface area contributed by atoms with Gasteiger partial charge in [0.2, 0.25) is 0 Å². The number of ether oxygens (including phenoxy) is 1. The summed E-state index contributed by atoms with van der Waals surface area (Å²) in [5, 5.41) is 4.69. The fourth-order valence-corrected chi connectivity index (χ4v) is 4.65. The molecule has 1 fully saturated rings. The van der Waals surface area contributed by atoms with Crippen LogP contribution in [-0.4, -0.2) is 30.9 Å². The number of amides is 1. The van der Waals surface area contributed by atoms with Gasteiger partial charge in [-0.3, -0.25) is 9.79 Å². The number of methoxy groups -OCH3 is 1. The van der Waals surface area contributed by atoms with Gasteiger partial charge in [-0.2, -0.15) is 0 Å². The Hall–Kier alpha value is -1.69. The topological polar surface area (TPSA) is 50.7 Å². The molecule has 2 aromatic rings. The summed E-state index contributed by atoms with van der Waals surface area (Å²) < 4.78 is 5.28. The van der Waals surface area contributed by atoms with E-state index in [-0.39, 0.29) is 11.8 Å². The molecule has 1 spiro atoms. The maximum atomic E-state index is 12.9. The van der Waals surface area contributed by atoms with Gasteiger partial charge in [-0.05, 0) is 38.0 Å². The Morgan fingerprint density at radius 3 is 2.76 bits per heavy atom. The van der Waals surface area contributed by atoms with Gasteiger partial charge in [0.25, 0.3) is 5.91 Å². The van der Waals surface area contributed by atoms with Crippen molar-refractivity contribution in [2.24, 2.45) is 10.9 Å². The summed E-state index contributed by atoms with van der Waals surface area (Å²) in [5.74, 6) is 0.0937. The van der Waals surface area contributed by atoms with Gasteiger partial charge in [0.15, 0.2) is 0 Å². The number of aliphatic imine (C=N–C) groups is 1. The maximum Gasteiger partial charge on any atom is 0.253 e. The zero-order chi connectivity index (χ0) is 17.8. The molecule has 1 aliphatic heterocycles. The highest BCUT2D eigenvalue weighted by Crippen LogP contribution is 2.51. The van der Waals surface area contributed by atoms with Crippen molar-refractivity contribution in [3.05, 3.63) is 50.9 Å². The highest BCUT2D eigenvalue weighted by atomic mass is 35.5. The standard InChI is InChI=1S/C19H19ClN2O2S/c1-10-11(2)25-17-15(10)16(12-4-6-14(20)7-5-12)22-19(18(23)21-17)8-13(19)9-24-3/h4-7,13H,8-9H2,1-3H3,(H,21,23)/t13-,19-/m1/s1. The zero-order valence-electron chi connectivity index (χ0n) is 14.4. The van der Waals surface area contributed by atoms with Crippen LogP contribution in [0.4, 0.5) is 5.00 Å². The highest BCUT2D eigenvalue weighted by Gasteiger charge is 2.61. The molecule has 25 heavy (non-hydrogen) atoms. The van der Waals surface area contributed by atoms with Crippen LogP contribution in [0, 0.1) is 19.8 Å². The molecule has 0 saturated heterocycles. The molecule has 1 aromatic heterocycles. The van der Waals surface area contributed by atoms with Gasteiger partial charge in [-0.1, -0.05) is 23.7 Å². The lowest BCUT2D eigenvalue weighted by Crippen LogP contribution is -2.30. The number of hydrogen-bond donors (Lipinski definition) is 1. The summed E-state index contributed by atoms with van der Waals surface area (Å²) in [6.07, 6.45) is 0.719. The molecule has 2 atom stereocenters. The number of benzene rings is 1. The number of thiophene rings is 1. The van der Waals surface area contributed by atoms with E-state index in [2.05, 4.69) is 19.2 Å². The van der Waals surface area contributed by atoms with Crippen LogP contribution in [0.1, 0.15) is 28.0 Å². The number of hydrogen-bond acceptors (Lipinski definition) is 4. The minimum absolute atomic E-state index is 0.0268. The molecule has 1 saturated carbocycles. The number of anilines is 1. The number of aryl methyl sites for hydroxylation is 1. The molecule has 4 rings (SSSR count). The van der Waals surface area contributed by atoms with Crippen LogP contribution < -0.4 is 5.32 Å². The third-order valence-corrected chi connectivity index (χ3v) is 6.49. The number of nitrogens with zero attached hydrogens (tertiary/aromatic N) is 1. The van der Waals surface area contributed by atoms with Gasteiger partial charge in [0.05, 0.1) is 12.3 Å². The number of halogens is 1. The maximum absolute atomic E-state index is 12.9. The summed E-state index contributed by atoms with van der Waals surface area (Å²) in [5.41, 5.74) is 3.31. The molecule has 130 valence electrons. The van der Waals surface area contributed by atoms with E-state index in [0.717, 1.165) is 33.8 Å². The normalized spacial score (nSPS) is 24.6. The van der Waals surface area contributed by atoms with Gasteiger partial charge in [0, 0.05) is 34.1 Å². The first kappa shape index (κ1) is 16.8. The second-order valence-corrected chi connectivity index (χ2v) is 8.35. The van der Waals surface area contributed by atoms with Crippen molar-refractivity contribution in [1.82, 2.24) is 0 Å². The quantitative estimate of drug-likeness (QED) is 0.874. The Labute approximate surface area is 155 Å². The summed E-state index contributed by atoms with van der Waals surface area (Å²) in [4.78, 5) is 19.1. The molecule has 2 heterocycles. The third-order valence-electron chi connectivity index (χ3n) is 5.11. The highest BCUT2D eigenvalue weighted by molar-refractivity contribution is 7.17. The molecule has 1 aliphatic carbocycles. The van der Waals surface area contributed by atoms with Crippen LogP contribution in [0.2, 0.25) is 5.02 Å². The van der Waals surface area contributed by atoms with Crippen LogP contribution in [0.3, 0.4) is 0 Å². The van der Waals surface area contributed by atoms with E-state index in [0.29, 0.717) is 11.6 Å². The van der Waals surface area contributed by atoms with E-state index in [1.54, 1.807) is 18.4 Å². The van der Waals surface area contributed by atoms with Crippen LogP contribution >= 0.6 is 22.9 Å². The molecule has 1 amide bonds. The Morgan fingerprint density at radius 1 is 1.36 bits per heavy atom. The van der Waals surface area contributed by atoms with Crippen LogP contribution in [-0.2, 0) is 9.53 Å². The first-order valence-corrected chi connectivity index (χ1v) is 9.42. The molecule has 1 aromatic carbocycles. The SMILES string of the molecule is COC[C@H]1C[C@@]12N=C(c1ccc(Cl)cc1)c1c(sc(C)c1C)NC2=O. The van der Waals surface area contributed by atoms with Gasteiger partial charge in [0.1, 0.15) is 10.5 Å². The predicted molar refractivity (Wildman–Crippen MR) is 102 cm³/mol. The minimum atomic E-state index is -0.718. The van der Waals surface area contributed by atoms with Crippen molar-refractivity contribution < 1.29 is 9.53 Å². The van der Waals surface area contributed by atoms with E-state index in [1.165, 1.54) is 4.88 Å². The second-order valence-electron chi connectivity index (χ2n) is 6.69.